The SMILES string of the molecule is CCOC(=O)c1c(NC(=O)[C@H](Sc2nc3ccccc3s2)c2ccccc2)sc2c1CC[C@@H](C)C2. The fourth-order valence-corrected chi connectivity index (χ4v) is 8.00. The van der Waals surface area contributed by atoms with Crippen LogP contribution in [-0.4, -0.2) is 23.5 Å². The van der Waals surface area contributed by atoms with E-state index in [1.165, 1.54) is 28.0 Å². The normalized spacial score (nSPS) is 16.0. The lowest BCUT2D eigenvalue weighted by Gasteiger charge is -2.18. The monoisotopic (exact) mass is 522 g/mol. The first kappa shape index (κ1) is 24.0. The van der Waals surface area contributed by atoms with Crippen LogP contribution in [0, 0.1) is 5.92 Å². The van der Waals surface area contributed by atoms with Crippen LogP contribution in [0.1, 0.15) is 51.9 Å². The second-order valence-corrected chi connectivity index (χ2v) is 12.1. The summed E-state index contributed by atoms with van der Waals surface area (Å²) in [6, 6.07) is 17.7. The van der Waals surface area contributed by atoms with Crippen molar-refractivity contribution in [3.63, 3.8) is 0 Å². The van der Waals surface area contributed by atoms with Crippen molar-refractivity contribution in [3.8, 4) is 0 Å². The van der Waals surface area contributed by atoms with Gasteiger partial charge in [0.25, 0.3) is 0 Å². The third kappa shape index (κ3) is 5.15. The highest BCUT2D eigenvalue weighted by Crippen LogP contribution is 2.43. The van der Waals surface area contributed by atoms with E-state index in [9.17, 15) is 9.59 Å². The maximum absolute atomic E-state index is 13.7. The van der Waals surface area contributed by atoms with Gasteiger partial charge in [-0.1, -0.05) is 61.2 Å². The molecule has 8 heteroatoms. The fourth-order valence-electron chi connectivity index (χ4n) is 4.34. The Hall–Kier alpha value is -2.68. The topological polar surface area (TPSA) is 68.3 Å². The van der Waals surface area contributed by atoms with E-state index >= 15 is 0 Å². The van der Waals surface area contributed by atoms with Crippen molar-refractivity contribution in [2.24, 2.45) is 5.92 Å². The van der Waals surface area contributed by atoms with E-state index in [1.807, 2.05) is 54.6 Å². The summed E-state index contributed by atoms with van der Waals surface area (Å²) in [5.41, 5.74) is 3.39. The Bertz CT molecular complexity index is 1330. The van der Waals surface area contributed by atoms with E-state index in [0.717, 1.165) is 44.9 Å². The average Bonchev–Trinajstić information content (AvgIpc) is 3.43. The molecule has 0 aliphatic heterocycles. The zero-order valence-corrected chi connectivity index (χ0v) is 22.0. The third-order valence-electron chi connectivity index (χ3n) is 6.06. The quantitative estimate of drug-likeness (QED) is 0.207. The molecule has 0 saturated carbocycles. The Morgan fingerprint density at radius 2 is 1.91 bits per heavy atom. The minimum atomic E-state index is -0.509. The lowest BCUT2D eigenvalue weighted by Crippen LogP contribution is -2.20. The Labute approximate surface area is 216 Å². The number of carbonyl (C=O) groups excluding carboxylic acids is 2. The number of carbonyl (C=O) groups is 2. The fraction of sp³-hybridized carbons (Fsp3) is 0.296. The third-order valence-corrected chi connectivity index (χ3v) is 9.62. The molecular formula is C27H26N2O3S3. The number of rotatable bonds is 7. The van der Waals surface area contributed by atoms with Crippen molar-refractivity contribution in [2.45, 2.75) is 42.7 Å². The van der Waals surface area contributed by atoms with E-state index in [2.05, 4.69) is 12.2 Å². The summed E-state index contributed by atoms with van der Waals surface area (Å²) in [7, 11) is 0. The molecule has 2 heterocycles. The predicted octanol–water partition coefficient (Wildman–Crippen LogP) is 7.13. The molecule has 1 N–H and O–H groups in total. The minimum Gasteiger partial charge on any atom is -0.462 e. The number of anilines is 1. The number of thiophene rings is 1. The van der Waals surface area contributed by atoms with Crippen LogP contribution < -0.4 is 5.32 Å². The minimum absolute atomic E-state index is 0.169. The number of benzene rings is 2. The van der Waals surface area contributed by atoms with Crippen molar-refractivity contribution < 1.29 is 14.3 Å². The molecule has 0 radical (unpaired) electrons. The predicted molar refractivity (Wildman–Crippen MR) is 145 cm³/mol. The van der Waals surface area contributed by atoms with E-state index in [0.29, 0.717) is 23.1 Å². The number of nitrogens with zero attached hydrogens (tertiary/aromatic N) is 1. The summed E-state index contributed by atoms with van der Waals surface area (Å²) in [6.07, 6.45) is 2.79. The lowest BCUT2D eigenvalue weighted by atomic mass is 9.88. The standard InChI is InChI=1S/C27H26N2O3S3/c1-3-32-26(31)22-18-14-13-16(2)15-21(18)33-25(22)29-24(30)23(17-9-5-4-6-10-17)35-27-28-19-11-7-8-12-20(19)34-27/h4-12,16,23H,3,13-15H2,1-2H3,(H,29,30)/t16-,23-/m1/s1. The van der Waals surface area contributed by atoms with Crippen LogP contribution in [0.15, 0.2) is 58.9 Å². The second kappa shape index (κ2) is 10.5. The number of thiazole rings is 1. The number of hydrogen-bond acceptors (Lipinski definition) is 7. The van der Waals surface area contributed by atoms with E-state index in [4.69, 9.17) is 9.72 Å². The smallest absolute Gasteiger partial charge is 0.341 e. The van der Waals surface area contributed by atoms with Crippen molar-refractivity contribution >= 4 is 61.5 Å². The summed E-state index contributed by atoms with van der Waals surface area (Å²) in [5, 5.41) is 3.20. The number of hydrogen-bond donors (Lipinski definition) is 1. The Morgan fingerprint density at radius 3 is 2.69 bits per heavy atom. The molecule has 2 aromatic carbocycles. The van der Waals surface area contributed by atoms with Crippen molar-refractivity contribution in [1.29, 1.82) is 0 Å². The molecule has 5 rings (SSSR count). The molecule has 35 heavy (non-hydrogen) atoms. The van der Waals surface area contributed by atoms with Gasteiger partial charge in [0.2, 0.25) is 5.91 Å². The van der Waals surface area contributed by atoms with Gasteiger partial charge in [-0.25, -0.2) is 9.78 Å². The van der Waals surface area contributed by atoms with Gasteiger partial charge < -0.3 is 10.1 Å². The lowest BCUT2D eigenvalue weighted by molar-refractivity contribution is -0.115. The van der Waals surface area contributed by atoms with Crippen LogP contribution in [0.25, 0.3) is 10.2 Å². The van der Waals surface area contributed by atoms with Gasteiger partial charge >= 0.3 is 5.97 Å². The Morgan fingerprint density at radius 1 is 1.14 bits per heavy atom. The van der Waals surface area contributed by atoms with E-state index < -0.39 is 5.25 Å². The molecule has 2 aromatic heterocycles. The first-order chi connectivity index (χ1) is 17.0. The van der Waals surface area contributed by atoms with Gasteiger partial charge in [0.05, 0.1) is 22.4 Å². The van der Waals surface area contributed by atoms with Crippen molar-refractivity contribution in [3.05, 3.63) is 76.2 Å². The van der Waals surface area contributed by atoms with Crippen LogP contribution >= 0.6 is 34.4 Å². The van der Waals surface area contributed by atoms with Gasteiger partial charge in [-0.3, -0.25) is 4.79 Å². The van der Waals surface area contributed by atoms with E-state index in [1.54, 1.807) is 18.3 Å². The number of fused-ring (bicyclic) bond motifs is 2. The van der Waals surface area contributed by atoms with Crippen LogP contribution in [0.4, 0.5) is 5.00 Å². The largest absolute Gasteiger partial charge is 0.462 e. The van der Waals surface area contributed by atoms with Gasteiger partial charge in [0.15, 0.2) is 4.34 Å². The van der Waals surface area contributed by atoms with Gasteiger partial charge in [-0.15, -0.1) is 22.7 Å². The van der Waals surface area contributed by atoms with Crippen LogP contribution in [0.5, 0.6) is 0 Å². The summed E-state index contributed by atoms with van der Waals surface area (Å²) < 4.78 is 7.30. The second-order valence-electron chi connectivity index (χ2n) is 8.62. The molecule has 180 valence electrons. The maximum atomic E-state index is 13.7. The van der Waals surface area contributed by atoms with Crippen LogP contribution in [0.2, 0.25) is 0 Å². The molecule has 1 aliphatic rings. The molecule has 0 saturated heterocycles. The number of nitrogens with one attached hydrogen (secondary N) is 1. The highest BCUT2D eigenvalue weighted by atomic mass is 32.2. The summed E-state index contributed by atoms with van der Waals surface area (Å²) in [4.78, 5) is 32.6. The zero-order chi connectivity index (χ0) is 24.4. The van der Waals surface area contributed by atoms with Gasteiger partial charge in [-0.2, -0.15) is 0 Å². The highest BCUT2D eigenvalue weighted by Gasteiger charge is 2.31. The Balaban J connectivity index is 1.48. The molecular weight excluding hydrogens is 497 g/mol. The highest BCUT2D eigenvalue weighted by molar-refractivity contribution is 8.02. The van der Waals surface area contributed by atoms with Gasteiger partial charge in [-0.05, 0) is 55.4 Å². The maximum Gasteiger partial charge on any atom is 0.341 e. The molecule has 0 unspecified atom stereocenters. The number of para-hydroxylation sites is 1. The first-order valence-electron chi connectivity index (χ1n) is 11.7. The number of thioether (sulfide) groups is 1. The number of amides is 1. The first-order valence-corrected chi connectivity index (χ1v) is 14.2. The van der Waals surface area contributed by atoms with Gasteiger partial charge in [0, 0.05) is 4.88 Å². The summed E-state index contributed by atoms with van der Waals surface area (Å²) in [6.45, 7) is 4.33. The molecule has 5 nitrogen and oxygen atoms in total. The molecule has 0 bridgehead atoms. The summed E-state index contributed by atoms with van der Waals surface area (Å²) in [5.74, 6) is 0.0361. The van der Waals surface area contributed by atoms with E-state index in [-0.39, 0.29) is 11.9 Å². The molecule has 0 spiro atoms. The zero-order valence-electron chi connectivity index (χ0n) is 19.6. The Kier molecular flexibility index (Phi) is 7.22. The number of esters is 1. The molecule has 1 aliphatic carbocycles. The van der Waals surface area contributed by atoms with Crippen molar-refractivity contribution in [1.82, 2.24) is 4.98 Å². The number of ether oxygens (including phenoxy) is 1. The van der Waals surface area contributed by atoms with Crippen molar-refractivity contribution in [2.75, 3.05) is 11.9 Å². The van der Waals surface area contributed by atoms with Crippen LogP contribution in [-0.2, 0) is 22.4 Å². The number of aromatic nitrogens is 1. The average molecular weight is 523 g/mol. The molecule has 4 aromatic rings. The van der Waals surface area contributed by atoms with Crippen LogP contribution in [0.3, 0.4) is 0 Å². The summed E-state index contributed by atoms with van der Waals surface area (Å²) >= 11 is 4.54. The molecule has 0 fully saturated rings. The van der Waals surface area contributed by atoms with Gasteiger partial charge in [0.1, 0.15) is 10.3 Å². The molecule has 2 atom stereocenters. The molecule has 1 amide bonds.